The number of thiocarbonyl (C=S) groups is 1. The minimum atomic E-state index is -0.133. The molecule has 0 bridgehead atoms. The second kappa shape index (κ2) is 6.05. The van der Waals surface area contributed by atoms with Gasteiger partial charge in [-0.2, -0.15) is 0 Å². The van der Waals surface area contributed by atoms with Crippen LogP contribution < -0.4 is 5.73 Å². The van der Waals surface area contributed by atoms with Gasteiger partial charge in [-0.1, -0.05) is 37.3 Å². The number of furan rings is 1. The molecule has 1 unspecified atom stereocenters. The molecule has 2 N–H and O–H groups in total. The van der Waals surface area contributed by atoms with Crippen molar-refractivity contribution in [1.29, 1.82) is 0 Å². The summed E-state index contributed by atoms with van der Waals surface area (Å²) in [5.41, 5.74) is 6.33. The predicted octanol–water partition coefficient (Wildman–Crippen LogP) is 2.82. The van der Waals surface area contributed by atoms with Gasteiger partial charge in [-0.05, 0) is 19.1 Å². The summed E-state index contributed by atoms with van der Waals surface area (Å²) in [7, 11) is 0. The van der Waals surface area contributed by atoms with E-state index in [1.165, 1.54) is 0 Å². The zero-order valence-corrected chi connectivity index (χ0v) is 12.4. The highest BCUT2D eigenvalue weighted by Gasteiger charge is 2.21. The van der Waals surface area contributed by atoms with Crippen LogP contribution in [0.3, 0.4) is 0 Å². The Bertz CT molecular complexity index is 603. The number of hydrogen-bond donors (Lipinski definition) is 1. The summed E-state index contributed by atoms with van der Waals surface area (Å²) in [6, 6.07) is 9.33. The lowest BCUT2D eigenvalue weighted by atomic mass is 10.1. The van der Waals surface area contributed by atoms with Gasteiger partial charge < -0.3 is 15.1 Å². The molecule has 0 aliphatic heterocycles. The van der Waals surface area contributed by atoms with Crippen LogP contribution in [0.25, 0.3) is 11.0 Å². The molecular formula is C15H18N2O2S. The molecule has 20 heavy (non-hydrogen) atoms. The van der Waals surface area contributed by atoms with E-state index in [-0.39, 0.29) is 11.8 Å². The van der Waals surface area contributed by atoms with Crippen molar-refractivity contribution in [2.45, 2.75) is 13.8 Å². The van der Waals surface area contributed by atoms with Gasteiger partial charge in [0.15, 0.2) is 5.76 Å². The fourth-order valence-corrected chi connectivity index (χ4v) is 2.09. The van der Waals surface area contributed by atoms with Gasteiger partial charge in [0.05, 0.1) is 4.99 Å². The third kappa shape index (κ3) is 2.99. The lowest BCUT2D eigenvalue weighted by Gasteiger charge is -2.23. The van der Waals surface area contributed by atoms with Gasteiger partial charge in [-0.25, -0.2) is 0 Å². The number of benzene rings is 1. The molecule has 2 aromatic rings. The topological polar surface area (TPSA) is 59.5 Å². The molecule has 0 saturated heterocycles. The summed E-state index contributed by atoms with van der Waals surface area (Å²) in [6.07, 6.45) is 0. The fourth-order valence-electron chi connectivity index (χ4n) is 2.02. The maximum Gasteiger partial charge on any atom is 0.289 e. The molecule has 1 aromatic carbocycles. The Morgan fingerprint density at radius 3 is 2.75 bits per heavy atom. The third-order valence-electron chi connectivity index (χ3n) is 3.29. The standard InChI is InChI=1S/C15H18N2O2S/c1-3-17(9-10(2)14(16)20)15(18)13-8-11-6-4-5-7-12(11)19-13/h4-8,10H,3,9H2,1-2H3,(H2,16,20). The van der Waals surface area contributed by atoms with Gasteiger partial charge in [0.2, 0.25) is 0 Å². The Labute approximate surface area is 123 Å². The van der Waals surface area contributed by atoms with Gasteiger partial charge in [0.25, 0.3) is 5.91 Å². The van der Waals surface area contributed by atoms with Crippen molar-refractivity contribution in [1.82, 2.24) is 4.90 Å². The number of nitrogens with zero attached hydrogens (tertiary/aromatic N) is 1. The smallest absolute Gasteiger partial charge is 0.289 e. The van der Waals surface area contributed by atoms with E-state index in [0.29, 0.717) is 29.4 Å². The second-order valence-corrected chi connectivity index (χ2v) is 5.27. The largest absolute Gasteiger partial charge is 0.451 e. The number of hydrogen-bond acceptors (Lipinski definition) is 3. The van der Waals surface area contributed by atoms with Crippen LogP contribution in [0.5, 0.6) is 0 Å². The SMILES string of the molecule is CCN(CC(C)C(N)=S)C(=O)c1cc2ccccc2o1. The average molecular weight is 290 g/mol. The summed E-state index contributed by atoms with van der Waals surface area (Å²) in [5.74, 6) is 0.202. The number of carbonyl (C=O) groups excluding carboxylic acids is 1. The molecular weight excluding hydrogens is 272 g/mol. The lowest BCUT2D eigenvalue weighted by molar-refractivity contribution is 0.0725. The zero-order valence-electron chi connectivity index (χ0n) is 11.6. The van der Waals surface area contributed by atoms with Crippen LogP contribution in [0.2, 0.25) is 0 Å². The highest BCUT2D eigenvalue weighted by molar-refractivity contribution is 7.80. The quantitative estimate of drug-likeness (QED) is 0.860. The van der Waals surface area contributed by atoms with E-state index in [0.717, 1.165) is 5.39 Å². The molecule has 0 radical (unpaired) electrons. The Hall–Kier alpha value is -1.88. The number of nitrogens with two attached hydrogens (primary N) is 1. The average Bonchev–Trinajstić information content (AvgIpc) is 2.87. The molecule has 1 atom stereocenters. The van der Waals surface area contributed by atoms with Crippen molar-refractivity contribution in [2.75, 3.05) is 13.1 Å². The highest BCUT2D eigenvalue weighted by atomic mass is 32.1. The van der Waals surface area contributed by atoms with Crippen LogP contribution in [0.15, 0.2) is 34.7 Å². The first-order valence-corrected chi connectivity index (χ1v) is 7.01. The molecule has 1 amide bonds. The Balaban J connectivity index is 2.21. The third-order valence-corrected chi connectivity index (χ3v) is 3.69. The van der Waals surface area contributed by atoms with Crippen LogP contribution in [0.1, 0.15) is 24.4 Å². The van der Waals surface area contributed by atoms with Crippen molar-refractivity contribution in [3.8, 4) is 0 Å². The van der Waals surface area contributed by atoms with E-state index in [4.69, 9.17) is 22.4 Å². The first-order valence-electron chi connectivity index (χ1n) is 6.60. The van der Waals surface area contributed by atoms with E-state index < -0.39 is 0 Å². The summed E-state index contributed by atoms with van der Waals surface area (Å²) in [5, 5.41) is 0.925. The van der Waals surface area contributed by atoms with Gasteiger partial charge >= 0.3 is 0 Å². The molecule has 0 fully saturated rings. The van der Waals surface area contributed by atoms with Crippen molar-refractivity contribution in [3.05, 3.63) is 36.1 Å². The number of rotatable bonds is 5. The van der Waals surface area contributed by atoms with Crippen LogP contribution >= 0.6 is 12.2 Å². The maximum absolute atomic E-state index is 12.5. The van der Waals surface area contributed by atoms with Gasteiger partial charge in [0, 0.05) is 24.4 Å². The Morgan fingerprint density at radius 2 is 2.15 bits per heavy atom. The van der Waals surface area contributed by atoms with E-state index in [1.807, 2.05) is 38.1 Å². The molecule has 2 rings (SSSR count). The lowest BCUT2D eigenvalue weighted by Crippen LogP contribution is -2.38. The number of amides is 1. The van der Waals surface area contributed by atoms with Gasteiger partial charge in [-0.15, -0.1) is 0 Å². The van der Waals surface area contributed by atoms with Gasteiger partial charge in [-0.3, -0.25) is 4.79 Å². The molecule has 4 nitrogen and oxygen atoms in total. The summed E-state index contributed by atoms with van der Waals surface area (Å²) in [4.78, 5) is 14.6. The van der Waals surface area contributed by atoms with Crippen molar-refractivity contribution in [3.63, 3.8) is 0 Å². The van der Waals surface area contributed by atoms with E-state index >= 15 is 0 Å². The minimum Gasteiger partial charge on any atom is -0.451 e. The first-order chi connectivity index (χ1) is 9.52. The number of fused-ring (bicyclic) bond motifs is 1. The monoisotopic (exact) mass is 290 g/mol. The van der Waals surface area contributed by atoms with Crippen LogP contribution in [0, 0.1) is 5.92 Å². The van der Waals surface area contributed by atoms with Crippen LogP contribution in [-0.4, -0.2) is 28.9 Å². The molecule has 0 spiro atoms. The van der Waals surface area contributed by atoms with Crippen molar-refractivity contribution in [2.24, 2.45) is 11.7 Å². The normalized spacial score (nSPS) is 12.3. The van der Waals surface area contributed by atoms with E-state index in [2.05, 4.69) is 0 Å². The molecule has 0 aliphatic carbocycles. The Kier molecular flexibility index (Phi) is 4.39. The molecule has 0 aliphatic rings. The summed E-state index contributed by atoms with van der Waals surface area (Å²) >= 11 is 4.96. The van der Waals surface area contributed by atoms with Crippen LogP contribution in [0.4, 0.5) is 0 Å². The van der Waals surface area contributed by atoms with Crippen molar-refractivity contribution >= 4 is 34.1 Å². The minimum absolute atomic E-state index is 0.0155. The fraction of sp³-hybridized carbons (Fsp3) is 0.333. The predicted molar refractivity (Wildman–Crippen MR) is 83.7 cm³/mol. The molecule has 5 heteroatoms. The highest BCUT2D eigenvalue weighted by Crippen LogP contribution is 2.20. The molecule has 106 valence electrons. The number of carbonyl (C=O) groups is 1. The van der Waals surface area contributed by atoms with Crippen molar-refractivity contribution < 1.29 is 9.21 Å². The maximum atomic E-state index is 12.5. The number of para-hydroxylation sites is 1. The molecule has 0 saturated carbocycles. The molecule has 1 aromatic heterocycles. The van der Waals surface area contributed by atoms with E-state index in [1.54, 1.807) is 11.0 Å². The summed E-state index contributed by atoms with van der Waals surface area (Å²) in [6.45, 7) is 4.92. The molecule has 1 heterocycles. The Morgan fingerprint density at radius 1 is 1.45 bits per heavy atom. The first kappa shape index (κ1) is 14.5. The zero-order chi connectivity index (χ0) is 14.7. The van der Waals surface area contributed by atoms with Gasteiger partial charge in [0.1, 0.15) is 5.58 Å². The summed E-state index contributed by atoms with van der Waals surface area (Å²) < 4.78 is 5.60. The second-order valence-electron chi connectivity index (χ2n) is 4.80. The van der Waals surface area contributed by atoms with E-state index in [9.17, 15) is 4.79 Å². The van der Waals surface area contributed by atoms with Crippen LogP contribution in [-0.2, 0) is 0 Å².